The smallest absolute Gasteiger partial charge is 0.409 e. The average Bonchev–Trinajstić information content (AvgIpc) is 2.95. The Labute approximate surface area is 278 Å². The number of rotatable bonds is 7. The summed E-state index contributed by atoms with van der Waals surface area (Å²) < 4.78 is 14.6. The van der Waals surface area contributed by atoms with Crippen LogP contribution >= 0.6 is 70.7 Å². The molecule has 0 unspecified atom stereocenters. The minimum atomic E-state index is -0.814. The number of hydrogen-bond acceptors (Lipinski definition) is 12. The maximum absolute atomic E-state index is 11.0. The van der Waals surface area contributed by atoms with Gasteiger partial charge in [0.1, 0.15) is 17.2 Å². The predicted molar refractivity (Wildman–Crippen MR) is 183 cm³/mol. The zero-order valence-corrected chi connectivity index (χ0v) is 28.1. The second kappa shape index (κ2) is 25.7. The topological polar surface area (TPSA) is 122 Å². The summed E-state index contributed by atoms with van der Waals surface area (Å²) in [7, 11) is 0. The Kier molecular flexibility index (Phi) is 24.0. The van der Waals surface area contributed by atoms with Crippen molar-refractivity contribution < 1.29 is 33.5 Å². The van der Waals surface area contributed by atoms with Crippen LogP contribution in [0, 0.1) is 10.1 Å². The lowest BCUT2D eigenvalue weighted by Gasteiger charge is -2.01. The molecule has 0 saturated carbocycles. The van der Waals surface area contributed by atoms with Crippen molar-refractivity contribution in [3.63, 3.8) is 0 Å². The van der Waals surface area contributed by atoms with E-state index in [1.807, 2.05) is 45.0 Å². The maximum atomic E-state index is 11.0. The molecule has 15 heteroatoms. The average molecular weight is 707 g/mol. The molecule has 232 valence electrons. The van der Waals surface area contributed by atoms with Gasteiger partial charge in [0, 0.05) is 29.5 Å². The summed E-state index contributed by atoms with van der Waals surface area (Å²) in [6.45, 7) is 5.80. The highest BCUT2D eigenvalue weighted by Gasteiger charge is 2.07. The molecule has 0 atom stereocenters. The lowest BCUT2D eigenvalue weighted by atomic mass is 10.3. The van der Waals surface area contributed by atoms with Crippen LogP contribution in [0.25, 0.3) is 0 Å². The molecule has 3 aromatic rings. The van der Waals surface area contributed by atoms with Crippen molar-refractivity contribution in [1.82, 2.24) is 0 Å². The molecule has 0 radical (unpaired) electrons. The van der Waals surface area contributed by atoms with E-state index in [0.717, 1.165) is 23.3 Å². The van der Waals surface area contributed by atoms with Crippen molar-refractivity contribution in [2.45, 2.75) is 20.8 Å². The molecule has 0 N–H and O–H groups in total. The molecular formula is C28H29Cl2NO8S4. The molecule has 0 aliphatic rings. The number of nitro benzene ring substituents is 1. The molecule has 0 fully saturated rings. The third kappa shape index (κ3) is 23.3. The first-order valence-electron chi connectivity index (χ1n) is 12.3. The Morgan fingerprint density at radius 3 is 1.49 bits per heavy atom. The van der Waals surface area contributed by atoms with E-state index < -0.39 is 15.7 Å². The fourth-order valence-electron chi connectivity index (χ4n) is 2.32. The Morgan fingerprint density at radius 1 is 0.698 bits per heavy atom. The number of halogens is 2. The van der Waals surface area contributed by atoms with Crippen molar-refractivity contribution in [2.24, 2.45) is 0 Å². The highest BCUT2D eigenvalue weighted by Crippen LogP contribution is 2.19. The Balaban J connectivity index is 0.000000564. The van der Waals surface area contributed by atoms with E-state index in [9.17, 15) is 24.5 Å². The van der Waals surface area contributed by atoms with Gasteiger partial charge in [-0.2, -0.15) is 0 Å². The van der Waals surface area contributed by atoms with Gasteiger partial charge in [0.2, 0.25) is 4.45 Å². The van der Waals surface area contributed by atoms with Gasteiger partial charge in [-0.05, 0) is 83.5 Å². The quantitative estimate of drug-likeness (QED) is 0.0764. The van der Waals surface area contributed by atoms with Crippen LogP contribution in [-0.2, 0) is 0 Å². The summed E-state index contributed by atoms with van der Waals surface area (Å²) >= 11 is 18.6. The molecule has 3 aromatic carbocycles. The summed E-state index contributed by atoms with van der Waals surface area (Å²) in [4.78, 5) is 41.6. The number of carbonyl (C=O) groups is 3. The molecule has 43 heavy (non-hydrogen) atoms. The van der Waals surface area contributed by atoms with Gasteiger partial charge in [-0.25, -0.2) is 9.59 Å². The van der Waals surface area contributed by atoms with Gasteiger partial charge in [0.25, 0.3) is 10.2 Å². The maximum Gasteiger partial charge on any atom is 0.409 e. The summed E-state index contributed by atoms with van der Waals surface area (Å²) in [5, 5.41) is 9.92. The molecule has 9 nitrogen and oxygen atoms in total. The monoisotopic (exact) mass is 705 g/mol. The van der Waals surface area contributed by atoms with Crippen molar-refractivity contribution in [2.75, 3.05) is 17.3 Å². The fraction of sp³-hybridized carbons (Fsp3) is 0.214. The van der Waals surface area contributed by atoms with Crippen LogP contribution in [0.2, 0.25) is 0 Å². The second-order valence-corrected chi connectivity index (χ2v) is 12.1. The van der Waals surface area contributed by atoms with E-state index >= 15 is 0 Å². The highest BCUT2D eigenvalue weighted by molar-refractivity contribution is 8.38. The van der Waals surface area contributed by atoms with Crippen LogP contribution in [0.5, 0.6) is 17.2 Å². The minimum Gasteiger partial charge on any atom is -0.436 e. The van der Waals surface area contributed by atoms with E-state index in [-0.39, 0.29) is 14.6 Å². The van der Waals surface area contributed by atoms with Crippen LogP contribution in [0.1, 0.15) is 20.8 Å². The van der Waals surface area contributed by atoms with Crippen molar-refractivity contribution >= 4 is 96.1 Å². The van der Waals surface area contributed by atoms with E-state index in [2.05, 4.69) is 17.0 Å². The first-order valence-corrected chi connectivity index (χ1v) is 16.4. The summed E-state index contributed by atoms with van der Waals surface area (Å²) in [6, 6.07) is 23.2. The number of ether oxygens (including phenoxy) is 3. The van der Waals surface area contributed by atoms with Gasteiger partial charge in [0.15, 0.2) is 0 Å². The number of carbonyl (C=O) groups excluding carboxylic acids is 3. The van der Waals surface area contributed by atoms with Crippen molar-refractivity contribution in [1.29, 1.82) is 0 Å². The van der Waals surface area contributed by atoms with E-state index in [1.165, 1.54) is 47.8 Å². The van der Waals surface area contributed by atoms with Crippen LogP contribution in [0.15, 0.2) is 84.9 Å². The van der Waals surface area contributed by atoms with Gasteiger partial charge in [-0.1, -0.05) is 80.7 Å². The predicted octanol–water partition coefficient (Wildman–Crippen LogP) is 10.5. The van der Waals surface area contributed by atoms with Crippen LogP contribution in [0.4, 0.5) is 20.1 Å². The summed E-state index contributed by atoms with van der Waals surface area (Å²) in [5.41, 5.74) is -0.843. The van der Waals surface area contributed by atoms with Gasteiger partial charge in [-0.15, -0.1) is 0 Å². The molecule has 0 bridgehead atoms. The summed E-state index contributed by atoms with van der Waals surface area (Å²) in [5.74, 6) is 3.86. The van der Waals surface area contributed by atoms with Gasteiger partial charge in [0.05, 0.1) is 4.92 Å². The molecule has 0 aromatic heterocycles. The highest BCUT2D eigenvalue weighted by atomic mass is 35.5. The fourth-order valence-corrected chi connectivity index (χ4v) is 4.50. The van der Waals surface area contributed by atoms with Crippen molar-refractivity contribution in [3.8, 4) is 17.2 Å². The molecule has 0 amide bonds. The Morgan fingerprint density at radius 2 is 1.12 bits per heavy atom. The molecule has 0 aliphatic carbocycles. The first kappa shape index (κ1) is 40.2. The number of thioether (sulfide) groups is 3. The number of benzene rings is 3. The molecule has 0 aliphatic heterocycles. The second-order valence-electron chi connectivity index (χ2n) is 6.96. The zero-order valence-electron chi connectivity index (χ0n) is 23.3. The molecule has 0 saturated heterocycles. The normalized spacial score (nSPS) is 9.23. The standard InChI is InChI=1S/C9H9NO4S.C7H5ClO2.C7H5ClOS.C5H10OS2/c1-2-15-9(11)14-8-5-3-7(4-6-8)10(12)13;8-7(9)10-6-4-2-1-3-5-6;8-7(10)9-6-4-2-1-3-5-6;1-3-7-5(6)8-4-2/h3-6H,2H2,1H3;2*1-5H;3-4H2,1-2H3. The number of thiocarbonyl (C=S) groups is 1. The van der Waals surface area contributed by atoms with Gasteiger partial charge in [-0.3, -0.25) is 14.9 Å². The third-order valence-electron chi connectivity index (χ3n) is 3.92. The Bertz CT molecular complexity index is 1200. The molecule has 0 heterocycles. The van der Waals surface area contributed by atoms with E-state index in [1.54, 1.807) is 36.4 Å². The molecule has 3 rings (SSSR count). The largest absolute Gasteiger partial charge is 0.436 e. The zero-order chi connectivity index (χ0) is 32.5. The third-order valence-corrected chi connectivity index (χ3v) is 6.52. The number of para-hydroxylation sites is 2. The minimum absolute atomic E-state index is 0.0196. The van der Waals surface area contributed by atoms with Crippen molar-refractivity contribution in [3.05, 3.63) is 95.0 Å². The SMILES string of the molecule is CCSC(=O)Oc1ccc([N+](=O)[O-])cc1.CCSC(=O)SCC.O=C(Cl)Oc1ccccc1.S=C(Cl)Oc1ccccc1. The number of non-ortho nitro benzene ring substituents is 1. The van der Waals surface area contributed by atoms with Crippen LogP contribution in [-0.4, -0.2) is 41.9 Å². The summed E-state index contributed by atoms with van der Waals surface area (Å²) in [6.07, 6.45) is 0. The van der Waals surface area contributed by atoms with Crippen LogP contribution in [0.3, 0.4) is 0 Å². The van der Waals surface area contributed by atoms with Gasteiger partial charge < -0.3 is 14.2 Å². The lowest BCUT2D eigenvalue weighted by molar-refractivity contribution is -0.384. The first-order chi connectivity index (χ1) is 20.5. The Hall–Kier alpha value is -2.81. The molecular weight excluding hydrogens is 677 g/mol. The number of nitro groups is 1. The van der Waals surface area contributed by atoms with E-state index in [4.69, 9.17) is 32.7 Å². The molecule has 0 spiro atoms. The number of hydrogen-bond donors (Lipinski definition) is 0. The lowest BCUT2D eigenvalue weighted by Crippen LogP contribution is -2.00. The van der Waals surface area contributed by atoms with Crippen LogP contribution < -0.4 is 14.2 Å². The number of nitrogens with zero attached hydrogens (tertiary/aromatic N) is 1. The van der Waals surface area contributed by atoms with Gasteiger partial charge >= 0.3 is 10.7 Å². The van der Waals surface area contributed by atoms with E-state index in [0.29, 0.717) is 23.0 Å².